The van der Waals surface area contributed by atoms with Gasteiger partial charge in [-0.1, -0.05) is 13.8 Å². The molecule has 4 nitrogen and oxygen atoms in total. The first-order chi connectivity index (χ1) is 5.91. The monoisotopic (exact) mass is 188 g/mol. The second kappa shape index (κ2) is 5.56. The molecule has 0 saturated heterocycles. The molecule has 0 heterocycles. The Kier molecular flexibility index (Phi) is 5.11. The van der Waals surface area contributed by atoms with Crippen molar-refractivity contribution in [2.45, 2.75) is 39.7 Å². The summed E-state index contributed by atoms with van der Waals surface area (Å²) in [5.74, 6) is -1.04. The second-order valence-electron chi connectivity index (χ2n) is 3.50. The van der Waals surface area contributed by atoms with Crippen LogP contribution in [0.5, 0.6) is 0 Å². The van der Waals surface area contributed by atoms with E-state index in [0.717, 1.165) is 0 Å². The van der Waals surface area contributed by atoms with Crippen LogP contribution in [-0.2, 0) is 14.3 Å². The van der Waals surface area contributed by atoms with Crippen molar-refractivity contribution < 1.29 is 19.4 Å². The normalized spacial score (nSPS) is 12.6. The van der Waals surface area contributed by atoms with E-state index >= 15 is 0 Å². The lowest BCUT2D eigenvalue weighted by molar-refractivity contribution is -0.152. The van der Waals surface area contributed by atoms with Gasteiger partial charge in [0.2, 0.25) is 0 Å². The zero-order valence-electron chi connectivity index (χ0n) is 8.24. The van der Waals surface area contributed by atoms with Crippen molar-refractivity contribution in [1.82, 2.24) is 0 Å². The summed E-state index contributed by atoms with van der Waals surface area (Å²) >= 11 is 0. The molecule has 0 aliphatic carbocycles. The molecule has 0 fully saturated rings. The Morgan fingerprint density at radius 1 is 1.23 bits per heavy atom. The number of carbonyl (C=O) groups is 2. The third kappa shape index (κ3) is 7.31. The van der Waals surface area contributed by atoms with Crippen LogP contribution in [0, 0.1) is 5.92 Å². The van der Waals surface area contributed by atoms with Crippen molar-refractivity contribution in [2.24, 2.45) is 5.92 Å². The van der Waals surface area contributed by atoms with Gasteiger partial charge in [0.05, 0.1) is 6.42 Å². The second-order valence-corrected chi connectivity index (χ2v) is 3.50. The summed E-state index contributed by atoms with van der Waals surface area (Å²) in [6.07, 6.45) is -0.336. The summed E-state index contributed by atoms with van der Waals surface area (Å²) in [4.78, 5) is 21.3. The van der Waals surface area contributed by atoms with Gasteiger partial charge < -0.3 is 9.84 Å². The van der Waals surface area contributed by atoms with Gasteiger partial charge in [0.15, 0.2) is 0 Å². The zero-order chi connectivity index (χ0) is 10.4. The molecule has 4 heteroatoms. The number of esters is 1. The molecule has 13 heavy (non-hydrogen) atoms. The lowest BCUT2D eigenvalue weighted by Gasteiger charge is -2.11. The maximum Gasteiger partial charge on any atom is 0.307 e. The number of carboxylic acid groups (broad SMARTS) is 1. The van der Waals surface area contributed by atoms with Crippen molar-refractivity contribution >= 4 is 11.9 Å². The Morgan fingerprint density at radius 2 is 1.77 bits per heavy atom. The molecule has 0 saturated carbocycles. The summed E-state index contributed by atoms with van der Waals surface area (Å²) in [5.41, 5.74) is 0. The first-order valence-electron chi connectivity index (χ1n) is 4.33. The number of carbonyl (C=O) groups excluding carboxylic acids is 1. The van der Waals surface area contributed by atoms with Gasteiger partial charge in [-0.05, 0) is 12.8 Å². The van der Waals surface area contributed by atoms with E-state index in [0.29, 0.717) is 6.42 Å². The molecule has 1 unspecified atom stereocenters. The molecule has 1 N–H and O–H groups in total. The predicted molar refractivity (Wildman–Crippen MR) is 47.3 cm³/mol. The Bertz CT molecular complexity index is 186. The van der Waals surface area contributed by atoms with Crippen molar-refractivity contribution in [3.8, 4) is 0 Å². The van der Waals surface area contributed by atoms with Gasteiger partial charge in [-0.2, -0.15) is 0 Å². The average molecular weight is 188 g/mol. The highest BCUT2D eigenvalue weighted by Crippen LogP contribution is 2.05. The predicted octanol–water partition coefficient (Wildman–Crippen LogP) is 1.44. The number of rotatable bonds is 5. The smallest absolute Gasteiger partial charge is 0.307 e. The van der Waals surface area contributed by atoms with Crippen LogP contribution in [0.25, 0.3) is 0 Å². The van der Waals surface area contributed by atoms with Crippen LogP contribution in [0.1, 0.15) is 33.6 Å². The SMILES string of the molecule is CC(C)CC(=O)OC(C)CC(=O)O. The van der Waals surface area contributed by atoms with Gasteiger partial charge in [0.1, 0.15) is 6.10 Å². The van der Waals surface area contributed by atoms with E-state index < -0.39 is 12.1 Å². The maximum atomic E-state index is 11.0. The lowest BCUT2D eigenvalue weighted by atomic mass is 10.1. The van der Waals surface area contributed by atoms with E-state index in [2.05, 4.69) is 0 Å². The largest absolute Gasteiger partial charge is 0.481 e. The molecule has 0 aromatic heterocycles. The topological polar surface area (TPSA) is 63.6 Å². The van der Waals surface area contributed by atoms with E-state index in [-0.39, 0.29) is 18.3 Å². The van der Waals surface area contributed by atoms with E-state index in [1.807, 2.05) is 13.8 Å². The summed E-state index contributed by atoms with van der Waals surface area (Å²) in [6.45, 7) is 5.39. The van der Waals surface area contributed by atoms with Gasteiger partial charge in [0.25, 0.3) is 0 Å². The fourth-order valence-corrected chi connectivity index (χ4v) is 0.893. The lowest BCUT2D eigenvalue weighted by Crippen LogP contribution is -2.19. The first-order valence-corrected chi connectivity index (χ1v) is 4.33. The summed E-state index contributed by atoms with van der Waals surface area (Å²) in [7, 11) is 0. The fourth-order valence-electron chi connectivity index (χ4n) is 0.893. The van der Waals surface area contributed by atoms with Crippen molar-refractivity contribution in [2.75, 3.05) is 0 Å². The molecule has 0 aliphatic heterocycles. The van der Waals surface area contributed by atoms with Crippen LogP contribution < -0.4 is 0 Å². The van der Waals surface area contributed by atoms with Crippen molar-refractivity contribution in [3.63, 3.8) is 0 Å². The molecule has 0 radical (unpaired) electrons. The highest BCUT2D eigenvalue weighted by molar-refractivity contribution is 5.71. The molecule has 0 aromatic rings. The van der Waals surface area contributed by atoms with Crippen LogP contribution >= 0.6 is 0 Å². The number of aliphatic carboxylic acids is 1. The first kappa shape index (κ1) is 11.9. The number of hydrogen-bond donors (Lipinski definition) is 1. The number of ether oxygens (including phenoxy) is 1. The van der Waals surface area contributed by atoms with Gasteiger partial charge in [-0.3, -0.25) is 9.59 Å². The number of carboxylic acids is 1. The summed E-state index contributed by atoms with van der Waals surface area (Å²) in [5, 5.41) is 8.39. The zero-order valence-corrected chi connectivity index (χ0v) is 8.24. The third-order valence-corrected chi connectivity index (χ3v) is 1.37. The van der Waals surface area contributed by atoms with E-state index in [9.17, 15) is 9.59 Å². The quantitative estimate of drug-likeness (QED) is 0.663. The molecule has 0 spiro atoms. The molecule has 0 amide bonds. The Hall–Kier alpha value is -1.06. The molecule has 0 rings (SSSR count). The van der Waals surface area contributed by atoms with Gasteiger partial charge in [0, 0.05) is 6.42 Å². The molecule has 1 atom stereocenters. The molecule has 76 valence electrons. The minimum absolute atomic E-state index is 0.135. The molecule has 0 aliphatic rings. The van der Waals surface area contributed by atoms with Crippen LogP contribution in [-0.4, -0.2) is 23.1 Å². The number of hydrogen-bond acceptors (Lipinski definition) is 3. The van der Waals surface area contributed by atoms with Crippen LogP contribution in [0.4, 0.5) is 0 Å². The van der Waals surface area contributed by atoms with Crippen LogP contribution in [0.15, 0.2) is 0 Å². The van der Waals surface area contributed by atoms with E-state index in [1.54, 1.807) is 6.92 Å². The van der Waals surface area contributed by atoms with Crippen molar-refractivity contribution in [1.29, 1.82) is 0 Å². The average Bonchev–Trinajstić information content (AvgIpc) is 1.80. The molecular formula is C9H16O4. The van der Waals surface area contributed by atoms with Gasteiger partial charge >= 0.3 is 11.9 Å². The maximum absolute atomic E-state index is 11.0. The standard InChI is InChI=1S/C9H16O4/c1-6(2)4-9(12)13-7(3)5-8(10)11/h6-7H,4-5H2,1-3H3,(H,10,11). The van der Waals surface area contributed by atoms with Crippen LogP contribution in [0.3, 0.4) is 0 Å². The van der Waals surface area contributed by atoms with Gasteiger partial charge in [-0.25, -0.2) is 0 Å². The summed E-state index contributed by atoms with van der Waals surface area (Å²) in [6, 6.07) is 0. The minimum Gasteiger partial charge on any atom is -0.481 e. The third-order valence-electron chi connectivity index (χ3n) is 1.37. The van der Waals surface area contributed by atoms with E-state index in [1.165, 1.54) is 0 Å². The Morgan fingerprint density at radius 3 is 2.15 bits per heavy atom. The molecule has 0 aromatic carbocycles. The molecular weight excluding hydrogens is 172 g/mol. The Labute approximate surface area is 77.9 Å². The highest BCUT2D eigenvalue weighted by Gasteiger charge is 2.13. The van der Waals surface area contributed by atoms with Gasteiger partial charge in [-0.15, -0.1) is 0 Å². The minimum atomic E-state index is -0.954. The van der Waals surface area contributed by atoms with E-state index in [4.69, 9.17) is 9.84 Å². The Balaban J connectivity index is 3.71. The summed E-state index contributed by atoms with van der Waals surface area (Å²) < 4.78 is 4.85. The molecule has 0 bridgehead atoms. The highest BCUT2D eigenvalue weighted by atomic mass is 16.5. The van der Waals surface area contributed by atoms with Crippen LogP contribution in [0.2, 0.25) is 0 Å². The fraction of sp³-hybridized carbons (Fsp3) is 0.778. The van der Waals surface area contributed by atoms with Crippen molar-refractivity contribution in [3.05, 3.63) is 0 Å².